The fourth-order valence-corrected chi connectivity index (χ4v) is 1.19. The first-order valence-corrected chi connectivity index (χ1v) is 3.75. The molecule has 1 rings (SSSR count). The Hall–Kier alpha value is -0.560. The second-order valence-corrected chi connectivity index (χ2v) is 2.98. The minimum Gasteiger partial charge on any atom is -0.392 e. The van der Waals surface area contributed by atoms with Gasteiger partial charge in [0.2, 0.25) is 0 Å². The zero-order valence-corrected chi connectivity index (χ0v) is 6.49. The van der Waals surface area contributed by atoms with Crippen molar-refractivity contribution in [3.05, 3.63) is 24.3 Å². The van der Waals surface area contributed by atoms with Crippen molar-refractivity contribution >= 4 is 0 Å². The van der Waals surface area contributed by atoms with Gasteiger partial charge in [-0.25, -0.2) is 0 Å². The van der Waals surface area contributed by atoms with Crippen molar-refractivity contribution < 1.29 is 5.11 Å². The van der Waals surface area contributed by atoms with E-state index in [4.69, 9.17) is 0 Å². The number of allylic oxidation sites excluding steroid dienone is 2. The van der Waals surface area contributed by atoms with Gasteiger partial charge in [0.25, 0.3) is 0 Å². The quantitative estimate of drug-likeness (QED) is 0.540. The first-order valence-electron chi connectivity index (χ1n) is 3.75. The predicted molar refractivity (Wildman–Crippen MR) is 42.6 cm³/mol. The molecule has 0 amide bonds. The lowest BCUT2D eigenvalue weighted by molar-refractivity contribution is 0.103. The van der Waals surface area contributed by atoms with E-state index in [2.05, 4.69) is 0 Å². The molecule has 0 bridgehead atoms. The maximum absolute atomic E-state index is 9.52. The van der Waals surface area contributed by atoms with E-state index in [-0.39, 0.29) is 17.9 Å². The largest absolute Gasteiger partial charge is 0.392 e. The third kappa shape index (κ3) is 1.48. The Morgan fingerprint density at radius 2 is 1.40 bits per heavy atom. The standard InChI is InChI=1S/C9H14O/c1-7-5-3-4-6-8(2)9(7)10/h3-10H,1-2H3. The topological polar surface area (TPSA) is 20.2 Å². The minimum atomic E-state index is -0.213. The van der Waals surface area contributed by atoms with Crippen LogP contribution in [0.5, 0.6) is 0 Å². The number of aliphatic hydroxyl groups excluding tert-OH is 1. The molecule has 1 aliphatic rings. The molecule has 1 N–H and O–H groups in total. The molecular formula is C9H14O. The lowest BCUT2D eigenvalue weighted by Gasteiger charge is -2.18. The number of aliphatic hydroxyl groups is 1. The summed E-state index contributed by atoms with van der Waals surface area (Å²) in [6.07, 6.45) is 7.85. The van der Waals surface area contributed by atoms with Gasteiger partial charge in [-0.1, -0.05) is 38.2 Å². The van der Waals surface area contributed by atoms with Crippen LogP contribution in [-0.4, -0.2) is 11.2 Å². The molecule has 0 aromatic carbocycles. The Morgan fingerprint density at radius 1 is 1.00 bits per heavy atom. The number of rotatable bonds is 0. The summed E-state index contributed by atoms with van der Waals surface area (Å²) >= 11 is 0. The molecule has 0 radical (unpaired) electrons. The Labute approximate surface area is 62.1 Å². The highest BCUT2D eigenvalue weighted by molar-refractivity contribution is 5.11. The van der Waals surface area contributed by atoms with Crippen LogP contribution in [0.2, 0.25) is 0 Å². The highest BCUT2D eigenvalue weighted by Crippen LogP contribution is 2.17. The Kier molecular flexibility index (Phi) is 2.28. The second-order valence-electron chi connectivity index (χ2n) is 2.98. The molecular weight excluding hydrogens is 124 g/mol. The van der Waals surface area contributed by atoms with Crippen molar-refractivity contribution in [3.63, 3.8) is 0 Å². The van der Waals surface area contributed by atoms with E-state index in [1.165, 1.54) is 0 Å². The highest BCUT2D eigenvalue weighted by atomic mass is 16.3. The van der Waals surface area contributed by atoms with Crippen molar-refractivity contribution in [1.82, 2.24) is 0 Å². The highest BCUT2D eigenvalue weighted by Gasteiger charge is 2.17. The average Bonchev–Trinajstić information content (AvgIpc) is 2.04. The first-order chi connectivity index (χ1) is 4.72. The van der Waals surface area contributed by atoms with Crippen molar-refractivity contribution in [1.29, 1.82) is 0 Å². The van der Waals surface area contributed by atoms with E-state index < -0.39 is 0 Å². The molecule has 1 nitrogen and oxygen atoms in total. The van der Waals surface area contributed by atoms with Crippen LogP contribution in [0.1, 0.15) is 13.8 Å². The zero-order valence-electron chi connectivity index (χ0n) is 6.49. The van der Waals surface area contributed by atoms with Gasteiger partial charge in [0.1, 0.15) is 0 Å². The van der Waals surface area contributed by atoms with E-state index in [0.29, 0.717) is 0 Å². The Bertz CT molecular complexity index is 140. The van der Waals surface area contributed by atoms with Gasteiger partial charge in [-0.05, 0) is 0 Å². The molecule has 0 spiro atoms. The molecule has 2 atom stereocenters. The lowest BCUT2D eigenvalue weighted by atomic mass is 9.95. The molecule has 0 saturated heterocycles. The van der Waals surface area contributed by atoms with Gasteiger partial charge in [-0.15, -0.1) is 0 Å². The molecule has 0 saturated carbocycles. The summed E-state index contributed by atoms with van der Waals surface area (Å²) < 4.78 is 0. The van der Waals surface area contributed by atoms with Gasteiger partial charge in [-0.3, -0.25) is 0 Å². The van der Waals surface area contributed by atoms with Crippen molar-refractivity contribution in [2.45, 2.75) is 20.0 Å². The van der Waals surface area contributed by atoms with Crippen LogP contribution in [0.3, 0.4) is 0 Å². The smallest absolute Gasteiger partial charge is 0.0660 e. The van der Waals surface area contributed by atoms with Gasteiger partial charge < -0.3 is 5.11 Å². The monoisotopic (exact) mass is 138 g/mol. The average molecular weight is 138 g/mol. The van der Waals surface area contributed by atoms with E-state index >= 15 is 0 Å². The Balaban J connectivity index is 2.69. The van der Waals surface area contributed by atoms with Gasteiger partial charge in [0, 0.05) is 11.8 Å². The summed E-state index contributed by atoms with van der Waals surface area (Å²) in [5.74, 6) is 0.565. The molecule has 0 aromatic heterocycles. The molecule has 2 unspecified atom stereocenters. The summed E-state index contributed by atoms with van der Waals surface area (Å²) in [6, 6.07) is 0. The number of hydrogen-bond donors (Lipinski definition) is 1. The fourth-order valence-electron chi connectivity index (χ4n) is 1.19. The molecule has 0 aromatic rings. The molecule has 0 aliphatic heterocycles. The molecule has 0 heterocycles. The molecule has 56 valence electrons. The molecule has 0 fully saturated rings. The SMILES string of the molecule is CC1C=CC=CC(C)C1O. The molecule has 1 heteroatoms. The Morgan fingerprint density at radius 3 is 1.80 bits per heavy atom. The van der Waals surface area contributed by atoms with Crippen LogP contribution in [-0.2, 0) is 0 Å². The normalized spacial score (nSPS) is 39.7. The summed E-state index contributed by atoms with van der Waals surface area (Å²) in [7, 11) is 0. The molecule has 1 aliphatic carbocycles. The second kappa shape index (κ2) is 3.02. The van der Waals surface area contributed by atoms with Crippen LogP contribution in [0.4, 0.5) is 0 Å². The third-order valence-electron chi connectivity index (χ3n) is 2.02. The van der Waals surface area contributed by atoms with Crippen molar-refractivity contribution in [3.8, 4) is 0 Å². The van der Waals surface area contributed by atoms with E-state index in [0.717, 1.165) is 0 Å². The fraction of sp³-hybridized carbons (Fsp3) is 0.556. The van der Waals surface area contributed by atoms with Crippen LogP contribution in [0.15, 0.2) is 24.3 Å². The summed E-state index contributed by atoms with van der Waals surface area (Å²) in [4.78, 5) is 0. The van der Waals surface area contributed by atoms with Gasteiger partial charge in [0.05, 0.1) is 6.10 Å². The van der Waals surface area contributed by atoms with Crippen LogP contribution >= 0.6 is 0 Å². The first kappa shape index (κ1) is 7.55. The lowest BCUT2D eigenvalue weighted by Crippen LogP contribution is -2.21. The van der Waals surface area contributed by atoms with Gasteiger partial charge in [0.15, 0.2) is 0 Å². The summed E-state index contributed by atoms with van der Waals surface area (Å²) in [6.45, 7) is 4.06. The summed E-state index contributed by atoms with van der Waals surface area (Å²) in [5.41, 5.74) is 0. The van der Waals surface area contributed by atoms with Crippen molar-refractivity contribution in [2.75, 3.05) is 0 Å². The van der Waals surface area contributed by atoms with E-state index in [9.17, 15) is 5.11 Å². The van der Waals surface area contributed by atoms with Crippen LogP contribution in [0.25, 0.3) is 0 Å². The number of hydrogen-bond acceptors (Lipinski definition) is 1. The zero-order chi connectivity index (χ0) is 7.56. The maximum Gasteiger partial charge on any atom is 0.0660 e. The maximum atomic E-state index is 9.52. The van der Waals surface area contributed by atoms with Gasteiger partial charge in [-0.2, -0.15) is 0 Å². The van der Waals surface area contributed by atoms with Crippen molar-refractivity contribution in [2.24, 2.45) is 11.8 Å². The van der Waals surface area contributed by atoms with E-state index in [1.54, 1.807) is 0 Å². The third-order valence-corrected chi connectivity index (χ3v) is 2.02. The van der Waals surface area contributed by atoms with E-state index in [1.807, 2.05) is 38.2 Å². The predicted octanol–water partition coefficient (Wildman–Crippen LogP) is 1.75. The van der Waals surface area contributed by atoms with Crippen LogP contribution < -0.4 is 0 Å². The minimum absolute atomic E-state index is 0.213. The summed E-state index contributed by atoms with van der Waals surface area (Å²) in [5, 5.41) is 9.52. The molecule has 10 heavy (non-hydrogen) atoms. The van der Waals surface area contributed by atoms with Crippen LogP contribution in [0, 0.1) is 11.8 Å². The van der Waals surface area contributed by atoms with Gasteiger partial charge >= 0.3 is 0 Å².